The summed E-state index contributed by atoms with van der Waals surface area (Å²) < 4.78 is 0. The Hall–Kier alpha value is -0.500. The minimum Gasteiger partial charge on any atom is -0.394 e. The first-order valence-electron chi connectivity index (χ1n) is 4.40. The summed E-state index contributed by atoms with van der Waals surface area (Å²) in [5.41, 5.74) is 1.48. The van der Waals surface area contributed by atoms with Gasteiger partial charge < -0.3 is 10.0 Å². The van der Waals surface area contributed by atoms with E-state index in [0.717, 1.165) is 13.0 Å². The quantitative estimate of drug-likeness (QED) is 0.607. The second-order valence-corrected chi connectivity index (χ2v) is 3.58. The Balaban J connectivity index is 2.17. The Kier molecular flexibility index (Phi) is 1.64. The summed E-state index contributed by atoms with van der Waals surface area (Å²) in [4.78, 5) is 2.37. The normalized spacial score (nSPS) is 35.8. The Morgan fingerprint density at radius 3 is 3.27 bits per heavy atom. The summed E-state index contributed by atoms with van der Waals surface area (Å²) in [5.74, 6) is 0.676. The van der Waals surface area contributed by atoms with Crippen LogP contribution in [0.5, 0.6) is 0 Å². The predicted octanol–water partition coefficient (Wildman–Crippen LogP) is 0.977. The predicted molar refractivity (Wildman–Crippen MR) is 44.1 cm³/mol. The van der Waals surface area contributed by atoms with Gasteiger partial charge in [0.15, 0.2) is 0 Å². The van der Waals surface area contributed by atoms with Gasteiger partial charge in [0.1, 0.15) is 0 Å². The van der Waals surface area contributed by atoms with Gasteiger partial charge in [0.2, 0.25) is 0 Å². The third kappa shape index (κ3) is 0.968. The van der Waals surface area contributed by atoms with Crippen molar-refractivity contribution in [1.82, 2.24) is 4.90 Å². The molecule has 0 aromatic carbocycles. The SMILES string of the molecule is CC1CC(CO)N2CCC=C12. The van der Waals surface area contributed by atoms with Gasteiger partial charge in [-0.1, -0.05) is 13.0 Å². The molecular formula is C9H15NO. The lowest BCUT2D eigenvalue weighted by molar-refractivity contribution is 0.182. The molecule has 2 heterocycles. The molecule has 11 heavy (non-hydrogen) atoms. The van der Waals surface area contributed by atoms with Crippen molar-refractivity contribution in [1.29, 1.82) is 0 Å². The van der Waals surface area contributed by atoms with Gasteiger partial charge in [-0.2, -0.15) is 0 Å². The molecule has 0 saturated carbocycles. The Labute approximate surface area is 67.5 Å². The summed E-state index contributed by atoms with van der Waals surface area (Å²) in [6.07, 6.45) is 4.64. The number of allylic oxidation sites excluding steroid dienone is 1. The molecule has 2 heteroatoms. The van der Waals surface area contributed by atoms with E-state index in [1.807, 2.05) is 0 Å². The molecule has 2 unspecified atom stereocenters. The first kappa shape index (κ1) is 7.17. The van der Waals surface area contributed by atoms with Gasteiger partial charge in [-0.25, -0.2) is 0 Å². The molecule has 2 rings (SSSR count). The lowest BCUT2D eigenvalue weighted by Gasteiger charge is -2.21. The van der Waals surface area contributed by atoms with Crippen LogP contribution in [0.3, 0.4) is 0 Å². The Bertz CT molecular complexity index is 188. The highest BCUT2D eigenvalue weighted by Crippen LogP contribution is 2.36. The van der Waals surface area contributed by atoms with Crippen LogP contribution in [0.2, 0.25) is 0 Å². The molecule has 2 atom stereocenters. The fourth-order valence-electron chi connectivity index (χ4n) is 2.30. The summed E-state index contributed by atoms with van der Waals surface area (Å²) in [7, 11) is 0. The maximum absolute atomic E-state index is 9.06. The standard InChI is InChI=1S/C9H15NO/c1-7-5-8(6-11)10-4-2-3-9(7)10/h3,7-8,11H,2,4-6H2,1H3. The van der Waals surface area contributed by atoms with Crippen LogP contribution in [0, 0.1) is 5.92 Å². The molecule has 0 radical (unpaired) electrons. The molecule has 0 aromatic heterocycles. The smallest absolute Gasteiger partial charge is 0.0635 e. The number of hydrogen-bond donors (Lipinski definition) is 1. The van der Waals surface area contributed by atoms with E-state index in [4.69, 9.17) is 5.11 Å². The van der Waals surface area contributed by atoms with Gasteiger partial charge in [0, 0.05) is 12.2 Å². The minimum atomic E-state index is 0.321. The van der Waals surface area contributed by atoms with Crippen molar-refractivity contribution in [3.05, 3.63) is 11.8 Å². The highest BCUT2D eigenvalue weighted by Gasteiger charge is 2.34. The first-order valence-corrected chi connectivity index (χ1v) is 4.40. The topological polar surface area (TPSA) is 23.5 Å². The second-order valence-electron chi connectivity index (χ2n) is 3.58. The van der Waals surface area contributed by atoms with Crippen LogP contribution in [-0.2, 0) is 0 Å². The maximum atomic E-state index is 9.06. The fourth-order valence-corrected chi connectivity index (χ4v) is 2.30. The fraction of sp³-hybridized carbons (Fsp3) is 0.778. The van der Waals surface area contributed by atoms with E-state index in [2.05, 4.69) is 17.9 Å². The van der Waals surface area contributed by atoms with E-state index in [1.165, 1.54) is 12.1 Å². The van der Waals surface area contributed by atoms with Crippen LogP contribution in [0.25, 0.3) is 0 Å². The molecule has 0 amide bonds. The summed E-state index contributed by atoms with van der Waals surface area (Å²) >= 11 is 0. The van der Waals surface area contributed by atoms with Crippen molar-refractivity contribution in [2.75, 3.05) is 13.2 Å². The zero-order chi connectivity index (χ0) is 7.84. The first-order chi connectivity index (χ1) is 5.33. The van der Waals surface area contributed by atoms with Crippen LogP contribution in [0.15, 0.2) is 11.8 Å². The highest BCUT2D eigenvalue weighted by molar-refractivity contribution is 5.17. The van der Waals surface area contributed by atoms with E-state index in [1.54, 1.807) is 0 Å². The highest BCUT2D eigenvalue weighted by atomic mass is 16.3. The average Bonchev–Trinajstić information content (AvgIpc) is 2.54. The molecule has 1 N–H and O–H groups in total. The van der Waals surface area contributed by atoms with Crippen molar-refractivity contribution < 1.29 is 5.11 Å². The lowest BCUT2D eigenvalue weighted by atomic mass is 10.1. The number of rotatable bonds is 1. The van der Waals surface area contributed by atoms with Crippen LogP contribution >= 0.6 is 0 Å². The number of fused-ring (bicyclic) bond motifs is 1. The summed E-state index contributed by atoms with van der Waals surface area (Å²) in [6, 6.07) is 0.416. The Morgan fingerprint density at radius 1 is 1.73 bits per heavy atom. The lowest BCUT2D eigenvalue weighted by Crippen LogP contribution is -2.29. The van der Waals surface area contributed by atoms with E-state index in [9.17, 15) is 0 Å². The van der Waals surface area contributed by atoms with Crippen molar-refractivity contribution >= 4 is 0 Å². The third-order valence-corrected chi connectivity index (χ3v) is 2.84. The van der Waals surface area contributed by atoms with E-state index >= 15 is 0 Å². The summed E-state index contributed by atoms with van der Waals surface area (Å²) in [5, 5.41) is 9.06. The van der Waals surface area contributed by atoms with Gasteiger partial charge >= 0.3 is 0 Å². The van der Waals surface area contributed by atoms with Gasteiger partial charge in [-0.15, -0.1) is 0 Å². The number of nitrogens with zero attached hydrogens (tertiary/aromatic N) is 1. The van der Waals surface area contributed by atoms with E-state index < -0.39 is 0 Å². The number of hydrogen-bond acceptors (Lipinski definition) is 2. The number of aliphatic hydroxyl groups is 1. The minimum absolute atomic E-state index is 0.321. The van der Waals surface area contributed by atoms with Crippen molar-refractivity contribution in [3.8, 4) is 0 Å². The molecule has 2 aliphatic rings. The van der Waals surface area contributed by atoms with Crippen LogP contribution in [0.4, 0.5) is 0 Å². The molecule has 62 valence electrons. The number of aliphatic hydroxyl groups excluding tert-OH is 1. The van der Waals surface area contributed by atoms with Crippen molar-refractivity contribution in [2.45, 2.75) is 25.8 Å². The molecule has 0 spiro atoms. The zero-order valence-corrected chi connectivity index (χ0v) is 6.95. The largest absolute Gasteiger partial charge is 0.394 e. The van der Waals surface area contributed by atoms with E-state index in [0.29, 0.717) is 18.6 Å². The molecule has 1 saturated heterocycles. The van der Waals surface area contributed by atoms with Crippen LogP contribution in [-0.4, -0.2) is 29.2 Å². The molecule has 0 bridgehead atoms. The van der Waals surface area contributed by atoms with Gasteiger partial charge in [0.05, 0.1) is 12.6 Å². The van der Waals surface area contributed by atoms with Gasteiger partial charge in [0.25, 0.3) is 0 Å². The van der Waals surface area contributed by atoms with E-state index in [-0.39, 0.29) is 0 Å². The summed E-state index contributed by atoms with van der Waals surface area (Å²) in [6.45, 7) is 3.70. The van der Waals surface area contributed by atoms with Gasteiger partial charge in [-0.3, -0.25) is 0 Å². The van der Waals surface area contributed by atoms with Crippen molar-refractivity contribution in [2.24, 2.45) is 5.92 Å². The zero-order valence-electron chi connectivity index (χ0n) is 6.95. The second kappa shape index (κ2) is 2.52. The van der Waals surface area contributed by atoms with Crippen molar-refractivity contribution in [3.63, 3.8) is 0 Å². The van der Waals surface area contributed by atoms with Crippen LogP contribution in [0.1, 0.15) is 19.8 Å². The molecule has 2 aliphatic heterocycles. The monoisotopic (exact) mass is 153 g/mol. The molecule has 0 aliphatic carbocycles. The van der Waals surface area contributed by atoms with Crippen LogP contribution < -0.4 is 0 Å². The molecule has 0 aromatic rings. The van der Waals surface area contributed by atoms with Gasteiger partial charge in [-0.05, 0) is 18.8 Å². The maximum Gasteiger partial charge on any atom is 0.0635 e. The Morgan fingerprint density at radius 2 is 2.55 bits per heavy atom. The third-order valence-electron chi connectivity index (χ3n) is 2.84. The molecule has 1 fully saturated rings. The molecular weight excluding hydrogens is 138 g/mol. The molecule has 2 nitrogen and oxygen atoms in total. The average molecular weight is 153 g/mol.